The van der Waals surface area contributed by atoms with Gasteiger partial charge in [0, 0.05) is 5.92 Å². The Morgan fingerprint density at radius 1 is 1.03 bits per heavy atom. The number of nitrogens with zero attached hydrogens (tertiary/aromatic N) is 1. The topological polar surface area (TPSA) is 59.0 Å². The van der Waals surface area contributed by atoms with Crippen molar-refractivity contribution in [2.24, 2.45) is 5.41 Å². The third-order valence-corrected chi connectivity index (χ3v) is 7.50. The van der Waals surface area contributed by atoms with Gasteiger partial charge in [-0.1, -0.05) is 69.3 Å². The summed E-state index contributed by atoms with van der Waals surface area (Å²) < 4.78 is 11.7. The molecular formula is C26H31NO4. The number of piperidine rings is 1. The molecule has 31 heavy (non-hydrogen) atoms. The molecule has 1 aliphatic carbocycles. The molecule has 2 aromatic carbocycles. The molecule has 2 heterocycles. The summed E-state index contributed by atoms with van der Waals surface area (Å²) in [6.07, 6.45) is 0.727. The average Bonchev–Trinajstić information content (AvgIpc) is 3.04. The standard InChI is InChI=1S/C26H31NO4/c1-25(2,3)26(29)12-17-14-30-15-18(13-26)27(17)24(28)31-16-23-21-10-6-4-8-19(21)20-9-5-7-11-22(20)23/h4-11,17-18,23,29H,12-16H2,1-3H3. The molecule has 5 heteroatoms. The summed E-state index contributed by atoms with van der Waals surface area (Å²) in [7, 11) is 0. The van der Waals surface area contributed by atoms with Crippen molar-refractivity contribution in [1.82, 2.24) is 4.90 Å². The fourth-order valence-electron chi connectivity index (χ4n) is 5.56. The van der Waals surface area contributed by atoms with E-state index in [0.29, 0.717) is 32.7 Å². The zero-order valence-corrected chi connectivity index (χ0v) is 18.5. The minimum Gasteiger partial charge on any atom is -0.448 e. The lowest BCUT2D eigenvalue weighted by molar-refractivity contribution is -0.169. The number of fused-ring (bicyclic) bond motifs is 5. The van der Waals surface area contributed by atoms with Crippen LogP contribution in [0.1, 0.15) is 50.7 Å². The second-order valence-corrected chi connectivity index (χ2v) is 10.2. The zero-order chi connectivity index (χ0) is 21.8. The summed E-state index contributed by atoms with van der Waals surface area (Å²) in [5, 5.41) is 11.3. The number of hydrogen-bond acceptors (Lipinski definition) is 4. The molecule has 2 aromatic rings. The van der Waals surface area contributed by atoms with Crippen LogP contribution in [0, 0.1) is 5.41 Å². The highest BCUT2D eigenvalue weighted by Gasteiger charge is 2.53. The van der Waals surface area contributed by atoms with Crippen molar-refractivity contribution in [3.05, 3.63) is 59.7 Å². The van der Waals surface area contributed by atoms with E-state index in [0.717, 1.165) is 0 Å². The van der Waals surface area contributed by atoms with Crippen LogP contribution in [0.15, 0.2) is 48.5 Å². The molecule has 1 amide bonds. The highest BCUT2D eigenvalue weighted by molar-refractivity contribution is 5.79. The van der Waals surface area contributed by atoms with E-state index in [2.05, 4.69) is 57.2 Å². The van der Waals surface area contributed by atoms with Crippen LogP contribution in [0.4, 0.5) is 4.79 Å². The highest BCUT2D eigenvalue weighted by atomic mass is 16.6. The van der Waals surface area contributed by atoms with Crippen LogP contribution in [0.25, 0.3) is 11.1 Å². The van der Waals surface area contributed by atoms with Gasteiger partial charge in [0.2, 0.25) is 0 Å². The second kappa shape index (κ2) is 7.35. The summed E-state index contributed by atoms with van der Waals surface area (Å²) in [6.45, 7) is 7.39. The van der Waals surface area contributed by atoms with Crippen molar-refractivity contribution in [3.63, 3.8) is 0 Å². The van der Waals surface area contributed by atoms with Crippen molar-refractivity contribution in [3.8, 4) is 11.1 Å². The number of rotatable bonds is 2. The maximum Gasteiger partial charge on any atom is 0.410 e. The summed E-state index contributed by atoms with van der Waals surface area (Å²) in [4.78, 5) is 15.0. The van der Waals surface area contributed by atoms with Crippen LogP contribution in [0.2, 0.25) is 0 Å². The first-order valence-electron chi connectivity index (χ1n) is 11.2. The molecule has 5 rings (SSSR count). The molecule has 0 saturated carbocycles. The number of amides is 1. The van der Waals surface area contributed by atoms with Gasteiger partial charge in [0.15, 0.2) is 0 Å². The van der Waals surface area contributed by atoms with E-state index in [1.807, 2.05) is 17.0 Å². The number of hydrogen-bond donors (Lipinski definition) is 1. The molecule has 5 nitrogen and oxygen atoms in total. The van der Waals surface area contributed by atoms with E-state index in [-0.39, 0.29) is 29.5 Å². The Kier molecular flexibility index (Phi) is 4.87. The Bertz CT molecular complexity index is 935. The molecule has 1 N–H and O–H groups in total. The maximum atomic E-state index is 13.2. The summed E-state index contributed by atoms with van der Waals surface area (Å²) in [6, 6.07) is 16.4. The first-order chi connectivity index (χ1) is 14.8. The maximum absolute atomic E-state index is 13.2. The van der Waals surface area contributed by atoms with Gasteiger partial charge in [0.05, 0.1) is 30.9 Å². The molecule has 2 aliphatic heterocycles. The second-order valence-electron chi connectivity index (χ2n) is 10.2. The van der Waals surface area contributed by atoms with E-state index < -0.39 is 5.60 Å². The Hall–Kier alpha value is -2.37. The van der Waals surface area contributed by atoms with Gasteiger partial charge in [-0.25, -0.2) is 4.79 Å². The fraction of sp³-hybridized carbons (Fsp3) is 0.500. The lowest BCUT2D eigenvalue weighted by Gasteiger charge is -2.54. The minimum absolute atomic E-state index is 0.0451. The number of carbonyl (C=O) groups excluding carboxylic acids is 1. The van der Waals surface area contributed by atoms with Gasteiger partial charge >= 0.3 is 6.09 Å². The molecule has 0 radical (unpaired) electrons. The molecule has 2 bridgehead atoms. The number of morpholine rings is 1. The predicted octanol–water partition coefficient (Wildman–Crippen LogP) is 4.58. The van der Waals surface area contributed by atoms with Crippen LogP contribution >= 0.6 is 0 Å². The molecule has 0 spiro atoms. The Balaban J connectivity index is 1.34. The third-order valence-electron chi connectivity index (χ3n) is 7.50. The summed E-state index contributed by atoms with van der Waals surface area (Å²) in [5.41, 5.74) is 3.79. The van der Waals surface area contributed by atoms with Crippen LogP contribution in [0.3, 0.4) is 0 Å². The van der Waals surface area contributed by atoms with Gasteiger partial charge in [-0.3, -0.25) is 4.90 Å². The van der Waals surface area contributed by atoms with Gasteiger partial charge in [-0.05, 0) is 40.5 Å². The fourth-order valence-corrected chi connectivity index (χ4v) is 5.56. The van der Waals surface area contributed by atoms with Gasteiger partial charge in [-0.2, -0.15) is 0 Å². The van der Waals surface area contributed by atoms with E-state index >= 15 is 0 Å². The monoisotopic (exact) mass is 421 g/mol. The van der Waals surface area contributed by atoms with Crippen LogP contribution < -0.4 is 0 Å². The van der Waals surface area contributed by atoms with Crippen molar-refractivity contribution in [1.29, 1.82) is 0 Å². The van der Waals surface area contributed by atoms with Crippen molar-refractivity contribution in [2.45, 2.75) is 57.2 Å². The summed E-state index contributed by atoms with van der Waals surface area (Å²) >= 11 is 0. The van der Waals surface area contributed by atoms with E-state index in [4.69, 9.17) is 9.47 Å². The lowest BCUT2D eigenvalue weighted by Crippen LogP contribution is -2.66. The molecule has 2 atom stereocenters. The highest BCUT2D eigenvalue weighted by Crippen LogP contribution is 2.46. The van der Waals surface area contributed by atoms with Crippen molar-refractivity contribution < 1.29 is 19.4 Å². The van der Waals surface area contributed by atoms with Crippen LogP contribution in [0.5, 0.6) is 0 Å². The molecule has 0 aromatic heterocycles. The normalized spacial score (nSPS) is 27.5. The van der Waals surface area contributed by atoms with Gasteiger partial charge in [0.25, 0.3) is 0 Å². The van der Waals surface area contributed by atoms with Crippen LogP contribution in [-0.4, -0.2) is 53.6 Å². The van der Waals surface area contributed by atoms with Crippen LogP contribution in [-0.2, 0) is 9.47 Å². The third kappa shape index (κ3) is 3.35. The van der Waals surface area contributed by atoms with E-state index in [9.17, 15) is 9.90 Å². The molecule has 2 fully saturated rings. The van der Waals surface area contributed by atoms with E-state index in [1.165, 1.54) is 22.3 Å². The summed E-state index contributed by atoms with van der Waals surface area (Å²) in [5.74, 6) is 0.0451. The molecule has 2 unspecified atom stereocenters. The Labute approximate surface area is 184 Å². The number of ether oxygens (including phenoxy) is 2. The zero-order valence-electron chi connectivity index (χ0n) is 18.5. The lowest BCUT2D eigenvalue weighted by atomic mass is 9.67. The Morgan fingerprint density at radius 2 is 1.55 bits per heavy atom. The SMILES string of the molecule is CC(C)(C)C1(O)CC2COCC(C1)N2C(=O)OCC1c2ccccc2-c2ccccc21. The molecule has 164 valence electrons. The predicted molar refractivity (Wildman–Crippen MR) is 119 cm³/mol. The van der Waals surface area contributed by atoms with Crippen molar-refractivity contribution in [2.75, 3.05) is 19.8 Å². The molecule has 2 saturated heterocycles. The average molecular weight is 422 g/mol. The first-order valence-corrected chi connectivity index (χ1v) is 11.2. The molecular weight excluding hydrogens is 390 g/mol. The molecule has 3 aliphatic rings. The quantitative estimate of drug-likeness (QED) is 0.771. The minimum atomic E-state index is -0.813. The van der Waals surface area contributed by atoms with E-state index in [1.54, 1.807) is 0 Å². The largest absolute Gasteiger partial charge is 0.448 e. The number of benzene rings is 2. The smallest absolute Gasteiger partial charge is 0.410 e. The number of carbonyl (C=O) groups is 1. The van der Waals surface area contributed by atoms with Gasteiger partial charge < -0.3 is 14.6 Å². The van der Waals surface area contributed by atoms with Gasteiger partial charge in [0.1, 0.15) is 6.61 Å². The number of aliphatic hydroxyl groups is 1. The Morgan fingerprint density at radius 3 is 2.06 bits per heavy atom. The van der Waals surface area contributed by atoms with Gasteiger partial charge in [-0.15, -0.1) is 0 Å². The first kappa shape index (κ1) is 20.5. The van der Waals surface area contributed by atoms with Crippen molar-refractivity contribution >= 4 is 6.09 Å².